The number of carbonyl (C=O) groups is 1. The Morgan fingerprint density at radius 3 is 2.61 bits per heavy atom. The number of rotatable bonds is 5. The first kappa shape index (κ1) is 19.9. The van der Waals surface area contributed by atoms with E-state index in [1.807, 2.05) is 30.3 Å². The standard InChI is InChI=1S/C16H19N3OS.2ClH/c1-16(17,12-5-3-2-4-6-12)15(20)18-9-14-19-13(10-21-14)11-7-8-11;;/h2-6,10-11H,7-9,17H2,1H3,(H,18,20);2*1H. The van der Waals surface area contributed by atoms with Gasteiger partial charge in [0.25, 0.3) is 0 Å². The van der Waals surface area contributed by atoms with Crippen LogP contribution in [0.15, 0.2) is 35.7 Å². The number of hydrogen-bond donors (Lipinski definition) is 2. The molecule has 0 aliphatic heterocycles. The normalized spacial score (nSPS) is 15.7. The van der Waals surface area contributed by atoms with E-state index in [9.17, 15) is 4.79 Å². The van der Waals surface area contributed by atoms with Gasteiger partial charge in [0, 0.05) is 11.3 Å². The first-order valence-corrected chi connectivity index (χ1v) is 8.02. The van der Waals surface area contributed by atoms with E-state index in [2.05, 4.69) is 15.7 Å². The monoisotopic (exact) mass is 373 g/mol. The van der Waals surface area contributed by atoms with Crippen molar-refractivity contribution in [1.29, 1.82) is 0 Å². The fourth-order valence-corrected chi connectivity index (χ4v) is 3.04. The lowest BCUT2D eigenvalue weighted by molar-refractivity contribution is -0.126. The smallest absolute Gasteiger partial charge is 0.244 e. The number of halogens is 2. The van der Waals surface area contributed by atoms with Crippen molar-refractivity contribution >= 4 is 42.1 Å². The summed E-state index contributed by atoms with van der Waals surface area (Å²) < 4.78 is 0. The molecule has 0 spiro atoms. The third kappa shape index (κ3) is 4.67. The second kappa shape index (κ2) is 8.11. The van der Waals surface area contributed by atoms with E-state index in [4.69, 9.17) is 5.73 Å². The lowest BCUT2D eigenvalue weighted by Gasteiger charge is -2.23. The third-order valence-electron chi connectivity index (χ3n) is 3.81. The molecule has 1 aliphatic carbocycles. The zero-order chi connectivity index (χ0) is 14.9. The average molecular weight is 374 g/mol. The second-order valence-electron chi connectivity index (χ2n) is 5.69. The summed E-state index contributed by atoms with van der Waals surface area (Å²) in [4.78, 5) is 16.9. The molecule has 1 aromatic heterocycles. The van der Waals surface area contributed by atoms with Crippen molar-refractivity contribution in [1.82, 2.24) is 10.3 Å². The van der Waals surface area contributed by atoms with E-state index in [1.165, 1.54) is 18.5 Å². The number of thiazole rings is 1. The number of nitrogens with two attached hydrogens (primary N) is 1. The van der Waals surface area contributed by atoms with Crippen LogP contribution in [-0.2, 0) is 16.9 Å². The van der Waals surface area contributed by atoms with Gasteiger partial charge in [0.15, 0.2) is 0 Å². The summed E-state index contributed by atoms with van der Waals surface area (Å²) in [7, 11) is 0. The molecule has 1 amide bonds. The quantitative estimate of drug-likeness (QED) is 0.843. The van der Waals surface area contributed by atoms with Gasteiger partial charge in [-0.3, -0.25) is 4.79 Å². The molecular weight excluding hydrogens is 353 g/mol. The van der Waals surface area contributed by atoms with Crippen molar-refractivity contribution in [2.45, 2.75) is 37.8 Å². The molecule has 1 heterocycles. The predicted molar refractivity (Wildman–Crippen MR) is 98.4 cm³/mol. The van der Waals surface area contributed by atoms with E-state index < -0.39 is 5.54 Å². The van der Waals surface area contributed by atoms with Crippen LogP contribution < -0.4 is 11.1 Å². The highest BCUT2D eigenvalue weighted by atomic mass is 35.5. The van der Waals surface area contributed by atoms with Crippen LogP contribution in [0.1, 0.15) is 41.9 Å². The minimum atomic E-state index is -1.03. The minimum Gasteiger partial charge on any atom is -0.348 e. The molecule has 3 N–H and O–H groups in total. The van der Waals surface area contributed by atoms with E-state index >= 15 is 0 Å². The van der Waals surface area contributed by atoms with Crippen molar-refractivity contribution in [3.8, 4) is 0 Å². The topological polar surface area (TPSA) is 68.0 Å². The summed E-state index contributed by atoms with van der Waals surface area (Å²) in [5, 5.41) is 5.93. The maximum absolute atomic E-state index is 12.3. The lowest BCUT2D eigenvalue weighted by Crippen LogP contribution is -2.48. The number of carbonyl (C=O) groups excluding carboxylic acids is 1. The fraction of sp³-hybridized carbons (Fsp3) is 0.375. The Balaban J connectivity index is 0.00000132. The maximum Gasteiger partial charge on any atom is 0.244 e. The van der Waals surface area contributed by atoms with Gasteiger partial charge in [0.1, 0.15) is 10.5 Å². The average Bonchev–Trinajstić information content (AvgIpc) is 3.24. The van der Waals surface area contributed by atoms with E-state index in [0.29, 0.717) is 12.5 Å². The highest BCUT2D eigenvalue weighted by molar-refractivity contribution is 7.09. The molecule has 4 nitrogen and oxygen atoms in total. The van der Waals surface area contributed by atoms with Crippen LogP contribution in [0.4, 0.5) is 0 Å². The minimum absolute atomic E-state index is 0. The van der Waals surface area contributed by atoms with E-state index in [0.717, 1.165) is 10.6 Å². The first-order valence-electron chi connectivity index (χ1n) is 7.14. The summed E-state index contributed by atoms with van der Waals surface area (Å²) in [5.74, 6) is 0.465. The molecule has 126 valence electrons. The van der Waals surface area contributed by atoms with Crippen LogP contribution in [0.2, 0.25) is 0 Å². The molecule has 7 heteroatoms. The third-order valence-corrected chi connectivity index (χ3v) is 4.68. The summed E-state index contributed by atoms with van der Waals surface area (Å²) in [6.07, 6.45) is 2.48. The highest BCUT2D eigenvalue weighted by Crippen LogP contribution is 2.40. The highest BCUT2D eigenvalue weighted by Gasteiger charge is 2.30. The van der Waals surface area contributed by atoms with Crippen molar-refractivity contribution < 1.29 is 4.79 Å². The number of hydrogen-bond acceptors (Lipinski definition) is 4. The van der Waals surface area contributed by atoms with Crippen LogP contribution in [0, 0.1) is 0 Å². The van der Waals surface area contributed by atoms with Crippen molar-refractivity contribution in [3.05, 3.63) is 52.0 Å². The molecule has 1 aromatic carbocycles. The lowest BCUT2D eigenvalue weighted by atomic mass is 9.92. The van der Waals surface area contributed by atoms with Gasteiger partial charge in [0.05, 0.1) is 12.2 Å². The molecule has 1 atom stereocenters. The molecule has 1 fully saturated rings. The van der Waals surface area contributed by atoms with Crippen molar-refractivity contribution in [3.63, 3.8) is 0 Å². The van der Waals surface area contributed by atoms with E-state index in [-0.39, 0.29) is 30.7 Å². The summed E-state index contributed by atoms with van der Waals surface area (Å²) >= 11 is 1.60. The van der Waals surface area contributed by atoms with Crippen LogP contribution in [0.3, 0.4) is 0 Å². The second-order valence-corrected chi connectivity index (χ2v) is 6.63. The van der Waals surface area contributed by atoms with Gasteiger partial charge in [-0.15, -0.1) is 36.2 Å². The summed E-state index contributed by atoms with van der Waals surface area (Å²) in [5.41, 5.74) is 7.13. The molecule has 2 aromatic rings. The van der Waals surface area contributed by atoms with Crippen LogP contribution in [0.5, 0.6) is 0 Å². The summed E-state index contributed by atoms with van der Waals surface area (Å²) in [6, 6.07) is 9.42. The van der Waals surface area contributed by atoms with Gasteiger partial charge in [-0.2, -0.15) is 0 Å². The van der Waals surface area contributed by atoms with Gasteiger partial charge in [-0.1, -0.05) is 30.3 Å². The molecule has 0 bridgehead atoms. The van der Waals surface area contributed by atoms with Crippen LogP contribution in [0.25, 0.3) is 0 Å². The molecule has 23 heavy (non-hydrogen) atoms. The molecule has 1 saturated carbocycles. The SMILES string of the molecule is CC(N)(C(=O)NCc1nc(C2CC2)cs1)c1ccccc1.Cl.Cl. The Labute approximate surface area is 152 Å². The largest absolute Gasteiger partial charge is 0.348 e. The van der Waals surface area contributed by atoms with Crippen LogP contribution in [-0.4, -0.2) is 10.9 Å². The number of nitrogens with one attached hydrogen (secondary N) is 1. The number of nitrogens with zero attached hydrogens (tertiary/aromatic N) is 1. The van der Waals surface area contributed by atoms with Crippen molar-refractivity contribution in [2.24, 2.45) is 5.73 Å². The molecular formula is C16H21Cl2N3OS. The number of aromatic nitrogens is 1. The Hall–Kier alpha value is -1.14. The molecule has 0 radical (unpaired) electrons. The zero-order valence-corrected chi connectivity index (χ0v) is 15.3. The van der Waals surface area contributed by atoms with Crippen LogP contribution >= 0.6 is 36.2 Å². The Morgan fingerprint density at radius 1 is 1.35 bits per heavy atom. The first-order chi connectivity index (χ1) is 10.1. The zero-order valence-electron chi connectivity index (χ0n) is 12.8. The van der Waals surface area contributed by atoms with Gasteiger partial charge >= 0.3 is 0 Å². The van der Waals surface area contributed by atoms with Crippen molar-refractivity contribution in [2.75, 3.05) is 0 Å². The van der Waals surface area contributed by atoms with Gasteiger partial charge in [-0.05, 0) is 25.3 Å². The molecule has 0 saturated heterocycles. The molecule has 3 rings (SSSR count). The Bertz CT molecular complexity index is 642. The fourth-order valence-electron chi connectivity index (χ4n) is 2.23. The van der Waals surface area contributed by atoms with E-state index in [1.54, 1.807) is 18.3 Å². The molecule has 1 unspecified atom stereocenters. The van der Waals surface area contributed by atoms with Gasteiger partial charge < -0.3 is 11.1 Å². The predicted octanol–water partition coefficient (Wildman–Crippen LogP) is 3.35. The molecule has 1 aliphatic rings. The number of benzene rings is 1. The summed E-state index contributed by atoms with van der Waals surface area (Å²) in [6.45, 7) is 2.17. The Kier molecular flexibility index (Phi) is 7.02. The maximum atomic E-state index is 12.3. The number of amides is 1. The van der Waals surface area contributed by atoms with Gasteiger partial charge in [0.2, 0.25) is 5.91 Å². The Morgan fingerprint density at radius 2 is 2.00 bits per heavy atom. The van der Waals surface area contributed by atoms with Gasteiger partial charge in [-0.25, -0.2) is 4.98 Å².